The Bertz CT molecular complexity index is 479. The summed E-state index contributed by atoms with van der Waals surface area (Å²) in [5, 5.41) is 10.4. The van der Waals surface area contributed by atoms with Crippen LogP contribution in [-0.2, 0) is 0 Å². The first kappa shape index (κ1) is 15.3. The number of rotatable bonds is 4. The van der Waals surface area contributed by atoms with Gasteiger partial charge in [0.2, 0.25) is 0 Å². The molecule has 2 N–H and O–H groups in total. The third kappa shape index (κ3) is 3.53. The molecular weight excluding hydrogens is 272 g/mol. The summed E-state index contributed by atoms with van der Waals surface area (Å²) < 4.78 is 0. The fourth-order valence-corrected chi connectivity index (χ4v) is 3.17. The van der Waals surface area contributed by atoms with Crippen LogP contribution in [0, 0.1) is 0 Å². The van der Waals surface area contributed by atoms with E-state index < -0.39 is 0 Å². The number of quaternary nitrogens is 1. The summed E-state index contributed by atoms with van der Waals surface area (Å²) >= 11 is 5.95. The lowest BCUT2D eigenvalue weighted by atomic mass is 9.81. The van der Waals surface area contributed by atoms with E-state index in [0.717, 1.165) is 6.54 Å². The van der Waals surface area contributed by atoms with Crippen molar-refractivity contribution in [2.24, 2.45) is 4.99 Å². The number of aromatic hydroxyl groups is 1. The van der Waals surface area contributed by atoms with Crippen molar-refractivity contribution in [2.45, 2.75) is 37.6 Å². The molecule has 3 nitrogen and oxygen atoms in total. The monoisotopic (exact) mass is 295 g/mol. The van der Waals surface area contributed by atoms with Gasteiger partial charge in [-0.05, 0) is 31.0 Å². The zero-order valence-corrected chi connectivity index (χ0v) is 13.1. The van der Waals surface area contributed by atoms with Gasteiger partial charge in [-0.25, -0.2) is 0 Å². The van der Waals surface area contributed by atoms with E-state index in [1.165, 1.54) is 37.0 Å². The summed E-state index contributed by atoms with van der Waals surface area (Å²) in [5.74, 6) is 0.230. The van der Waals surface area contributed by atoms with Gasteiger partial charge in [0.1, 0.15) is 11.3 Å². The van der Waals surface area contributed by atoms with E-state index in [1.54, 1.807) is 24.4 Å². The van der Waals surface area contributed by atoms with Crippen LogP contribution in [0.3, 0.4) is 0 Å². The number of aliphatic imine (C=N–C) groups is 1. The quantitative estimate of drug-likeness (QED) is 0.822. The molecule has 20 heavy (non-hydrogen) atoms. The highest BCUT2D eigenvalue weighted by Crippen LogP contribution is 2.26. The Morgan fingerprint density at radius 3 is 2.65 bits per heavy atom. The molecule has 0 bridgehead atoms. The number of hydrogen-bond donors (Lipinski definition) is 2. The first-order chi connectivity index (χ1) is 9.53. The smallest absolute Gasteiger partial charge is 0.124 e. The molecule has 0 atom stereocenters. The molecular formula is C16H24ClN2O+. The van der Waals surface area contributed by atoms with Gasteiger partial charge in [0.25, 0.3) is 0 Å². The van der Waals surface area contributed by atoms with Crippen LogP contribution in [0.1, 0.15) is 37.7 Å². The Morgan fingerprint density at radius 1 is 1.30 bits per heavy atom. The van der Waals surface area contributed by atoms with Gasteiger partial charge in [-0.3, -0.25) is 4.99 Å². The van der Waals surface area contributed by atoms with Crippen molar-refractivity contribution < 1.29 is 10.0 Å². The number of halogens is 1. The molecule has 0 aromatic heterocycles. The summed E-state index contributed by atoms with van der Waals surface area (Å²) in [4.78, 5) is 6.07. The lowest BCUT2D eigenvalue weighted by Gasteiger charge is -2.38. The summed E-state index contributed by atoms with van der Waals surface area (Å²) in [5.41, 5.74) is 0.945. The van der Waals surface area contributed by atoms with Crippen LogP contribution in [0.25, 0.3) is 0 Å². The van der Waals surface area contributed by atoms with Crippen LogP contribution in [0.5, 0.6) is 5.75 Å². The van der Waals surface area contributed by atoms with Crippen LogP contribution in [0.4, 0.5) is 0 Å². The molecule has 0 unspecified atom stereocenters. The van der Waals surface area contributed by atoms with Crippen molar-refractivity contribution in [3.05, 3.63) is 28.8 Å². The highest BCUT2D eigenvalue weighted by molar-refractivity contribution is 6.30. The number of phenolic OH excluding ortho intramolecular Hbond substituents is 1. The van der Waals surface area contributed by atoms with E-state index in [9.17, 15) is 5.11 Å². The van der Waals surface area contributed by atoms with E-state index >= 15 is 0 Å². The average Bonchev–Trinajstić information content (AvgIpc) is 2.43. The maximum atomic E-state index is 9.79. The molecule has 0 amide bonds. The molecule has 0 saturated heterocycles. The molecule has 1 fully saturated rings. The SMILES string of the molecule is C[NH+](C)C1(CN=Cc2cc(Cl)ccc2O)CCCCC1. The Hall–Kier alpha value is -1.06. The number of phenols is 1. The molecule has 0 spiro atoms. The largest absolute Gasteiger partial charge is 0.507 e. The van der Waals surface area contributed by atoms with Crippen molar-refractivity contribution in [1.82, 2.24) is 0 Å². The second kappa shape index (κ2) is 6.59. The lowest BCUT2D eigenvalue weighted by Crippen LogP contribution is -3.16. The molecule has 4 heteroatoms. The van der Waals surface area contributed by atoms with Crippen LogP contribution in [0.2, 0.25) is 5.02 Å². The zero-order chi connectivity index (χ0) is 14.6. The van der Waals surface area contributed by atoms with Crippen LogP contribution in [0.15, 0.2) is 23.2 Å². The molecule has 1 aliphatic rings. The van der Waals surface area contributed by atoms with Crippen LogP contribution in [-0.4, -0.2) is 37.5 Å². The van der Waals surface area contributed by atoms with Gasteiger partial charge in [0.05, 0.1) is 20.6 Å². The van der Waals surface area contributed by atoms with Crippen molar-refractivity contribution in [1.29, 1.82) is 0 Å². The number of nitrogens with zero attached hydrogens (tertiary/aromatic N) is 1. The van der Waals surface area contributed by atoms with Gasteiger partial charge >= 0.3 is 0 Å². The molecule has 0 radical (unpaired) electrons. The Balaban J connectivity index is 2.09. The minimum absolute atomic E-state index is 0.230. The molecule has 0 heterocycles. The van der Waals surface area contributed by atoms with Crippen molar-refractivity contribution >= 4 is 17.8 Å². The summed E-state index contributed by atoms with van der Waals surface area (Å²) in [6.07, 6.45) is 8.14. The third-order valence-electron chi connectivity index (χ3n) is 4.49. The van der Waals surface area contributed by atoms with Crippen LogP contribution < -0.4 is 4.90 Å². The van der Waals surface area contributed by atoms with Gasteiger partial charge in [0.15, 0.2) is 0 Å². The number of benzene rings is 1. The third-order valence-corrected chi connectivity index (χ3v) is 4.72. The molecule has 1 saturated carbocycles. The number of likely N-dealkylation sites (N-methyl/N-ethyl adjacent to an activating group) is 1. The Kier molecular flexibility index (Phi) is 5.06. The first-order valence-corrected chi connectivity index (χ1v) is 7.70. The van der Waals surface area contributed by atoms with Crippen LogP contribution >= 0.6 is 11.6 Å². The van der Waals surface area contributed by atoms with E-state index in [1.807, 2.05) is 0 Å². The minimum Gasteiger partial charge on any atom is -0.507 e. The maximum absolute atomic E-state index is 9.79. The maximum Gasteiger partial charge on any atom is 0.124 e. The second-order valence-corrected chi connectivity index (χ2v) is 6.45. The fourth-order valence-electron chi connectivity index (χ4n) is 2.99. The predicted octanol–water partition coefficient (Wildman–Crippen LogP) is 2.31. The van der Waals surface area contributed by atoms with Crippen molar-refractivity contribution in [3.8, 4) is 5.75 Å². The average molecular weight is 296 g/mol. The standard InChI is InChI=1S/C16H23ClN2O/c1-19(2)16(8-4-3-5-9-16)12-18-11-13-10-14(17)6-7-15(13)20/h6-7,10-11,20H,3-5,8-9,12H2,1-2H3/p+1. The highest BCUT2D eigenvalue weighted by atomic mass is 35.5. The fraction of sp³-hybridized carbons (Fsp3) is 0.562. The van der Waals surface area contributed by atoms with Crippen molar-refractivity contribution in [2.75, 3.05) is 20.6 Å². The molecule has 1 aromatic carbocycles. The molecule has 1 aliphatic carbocycles. The predicted molar refractivity (Wildman–Crippen MR) is 84.2 cm³/mol. The Labute approximate surface area is 126 Å². The van der Waals surface area contributed by atoms with Gasteiger partial charge in [-0.15, -0.1) is 0 Å². The zero-order valence-electron chi connectivity index (χ0n) is 12.3. The van der Waals surface area contributed by atoms with E-state index in [0.29, 0.717) is 10.6 Å². The summed E-state index contributed by atoms with van der Waals surface area (Å²) in [6, 6.07) is 5.04. The van der Waals surface area contributed by atoms with E-state index in [4.69, 9.17) is 11.6 Å². The Morgan fingerprint density at radius 2 is 2.00 bits per heavy atom. The summed E-state index contributed by atoms with van der Waals surface area (Å²) in [6.45, 7) is 0.807. The second-order valence-electron chi connectivity index (χ2n) is 6.01. The van der Waals surface area contributed by atoms with Gasteiger partial charge in [-0.2, -0.15) is 0 Å². The molecule has 1 aromatic rings. The number of nitrogens with one attached hydrogen (secondary N) is 1. The summed E-state index contributed by atoms with van der Waals surface area (Å²) in [7, 11) is 4.44. The molecule has 2 rings (SSSR count). The topological polar surface area (TPSA) is 37.0 Å². The lowest BCUT2D eigenvalue weighted by molar-refractivity contribution is -0.915. The van der Waals surface area contributed by atoms with Crippen molar-refractivity contribution in [3.63, 3.8) is 0 Å². The molecule has 110 valence electrons. The van der Waals surface area contributed by atoms with Gasteiger partial charge in [0, 0.05) is 29.6 Å². The molecule has 0 aliphatic heterocycles. The van der Waals surface area contributed by atoms with Gasteiger partial charge < -0.3 is 10.0 Å². The normalized spacial score (nSPS) is 18.8. The highest BCUT2D eigenvalue weighted by Gasteiger charge is 2.37. The van der Waals surface area contributed by atoms with E-state index in [2.05, 4.69) is 19.1 Å². The first-order valence-electron chi connectivity index (χ1n) is 7.32. The number of hydrogen-bond acceptors (Lipinski definition) is 2. The minimum atomic E-state index is 0.230. The van der Waals surface area contributed by atoms with Gasteiger partial charge in [-0.1, -0.05) is 18.0 Å². The van der Waals surface area contributed by atoms with E-state index in [-0.39, 0.29) is 11.3 Å².